The van der Waals surface area contributed by atoms with Crippen LogP contribution >= 0.6 is 34.4 Å². The summed E-state index contributed by atoms with van der Waals surface area (Å²) < 4.78 is 38.8. The molecule has 1 unspecified atom stereocenters. The highest BCUT2D eigenvalue weighted by Gasteiger charge is 2.49. The van der Waals surface area contributed by atoms with Crippen LogP contribution < -0.4 is 14.0 Å². The summed E-state index contributed by atoms with van der Waals surface area (Å²) in [6, 6.07) is 7.65. The van der Waals surface area contributed by atoms with Gasteiger partial charge in [-0.05, 0) is 50.3 Å². The molecule has 23 heavy (non-hydrogen) atoms. The summed E-state index contributed by atoms with van der Waals surface area (Å²) in [7, 11) is -4.56. The van der Waals surface area contributed by atoms with Crippen molar-refractivity contribution in [3.8, 4) is 0 Å². The van der Waals surface area contributed by atoms with Crippen LogP contribution in [0.3, 0.4) is 0 Å². The summed E-state index contributed by atoms with van der Waals surface area (Å²) in [5.41, 5.74) is 0. The van der Waals surface area contributed by atoms with E-state index in [0.717, 1.165) is 19.5 Å². The van der Waals surface area contributed by atoms with Gasteiger partial charge in [0, 0.05) is 19.5 Å². The Morgan fingerprint density at radius 3 is 2.26 bits per heavy atom. The smallest absolute Gasteiger partial charge is 0.183 e. The van der Waals surface area contributed by atoms with Crippen molar-refractivity contribution in [1.82, 2.24) is 0 Å². The van der Waals surface area contributed by atoms with Gasteiger partial charge in [0.15, 0.2) is 0 Å². The van der Waals surface area contributed by atoms with Crippen LogP contribution in [-0.4, -0.2) is 0 Å². The number of hydrogen-bond donors (Lipinski definition) is 0. The molecule has 122 valence electrons. The number of rotatable bonds is 4. The molecular formula is C15H13ClO4S3. The molecule has 0 spiro atoms. The minimum absolute atomic E-state index is 0.669. The molecule has 0 amide bonds. The Kier molecular flexibility index (Phi) is 4.74. The van der Waals surface area contributed by atoms with Gasteiger partial charge in [-0.15, -0.1) is 22.7 Å². The molecule has 0 saturated carbocycles. The maximum Gasteiger partial charge on any atom is 0.326 e. The fourth-order valence-electron chi connectivity index (χ4n) is 2.17. The molecule has 1 atom stereocenters. The largest absolute Gasteiger partial charge is 0.326 e. The second-order valence-corrected chi connectivity index (χ2v) is 9.67. The topological polar surface area (TPSA) is 78.4 Å². The molecule has 1 aliphatic rings. The number of hydrogen-bond acceptors (Lipinski definition) is 7. The number of thiophene rings is 2. The molecule has 0 aromatic carbocycles. The fourth-order valence-corrected chi connectivity index (χ4v) is 6.10. The first-order valence-electron chi connectivity index (χ1n) is 6.61. The Labute approximate surface area is 148 Å². The van der Waals surface area contributed by atoms with Gasteiger partial charge in [-0.1, -0.05) is 17.8 Å². The first-order valence-corrected chi connectivity index (χ1v) is 10.3. The molecule has 3 rings (SSSR count). The number of aryl methyl sites for hydroxylation is 2. The zero-order valence-corrected chi connectivity index (χ0v) is 15.5. The van der Waals surface area contributed by atoms with E-state index in [-0.39, 0.29) is 0 Å². The molecule has 0 aliphatic carbocycles. The molecule has 2 aromatic heterocycles. The molecule has 0 bridgehead atoms. The molecule has 8 heteroatoms. The molecule has 2 aromatic rings. The van der Waals surface area contributed by atoms with Crippen LogP contribution in [-0.2, 0) is 9.22 Å². The SMILES string of the molecule is Cc1ccc(C2=CC=CC(O[Cl+3]([O-])([O-])[O-])(c3ccc(C)s3)S2)s1. The van der Waals surface area contributed by atoms with Crippen LogP contribution in [0.25, 0.3) is 4.91 Å². The standard InChI is InChI=1S/C15H13ClO4S3/c1-10-5-7-12(21-10)13-4-3-9-15(23-13,20-16(17,18)19)14-8-6-11(2)22-14/h3-9H,1-2H3. The summed E-state index contributed by atoms with van der Waals surface area (Å²) in [6.45, 7) is 3.92. The van der Waals surface area contributed by atoms with Crippen molar-refractivity contribution in [3.05, 3.63) is 62.0 Å². The van der Waals surface area contributed by atoms with Crippen molar-refractivity contribution >= 4 is 39.3 Å². The van der Waals surface area contributed by atoms with E-state index in [4.69, 9.17) is 4.29 Å². The van der Waals surface area contributed by atoms with E-state index < -0.39 is 15.2 Å². The third kappa shape index (κ3) is 3.89. The first-order chi connectivity index (χ1) is 10.8. The van der Waals surface area contributed by atoms with E-state index >= 15 is 0 Å². The normalized spacial score (nSPS) is 21.5. The average molecular weight is 389 g/mol. The van der Waals surface area contributed by atoms with E-state index in [0.29, 0.717) is 4.88 Å². The maximum absolute atomic E-state index is 11.3. The van der Waals surface area contributed by atoms with Crippen LogP contribution in [0.1, 0.15) is 19.5 Å². The van der Waals surface area contributed by atoms with Gasteiger partial charge in [0.25, 0.3) is 0 Å². The lowest BCUT2D eigenvalue weighted by Gasteiger charge is -2.28. The highest BCUT2D eigenvalue weighted by atomic mass is 35.7. The molecule has 0 N–H and O–H groups in total. The van der Waals surface area contributed by atoms with Gasteiger partial charge in [-0.3, -0.25) is 0 Å². The Morgan fingerprint density at radius 1 is 1.00 bits per heavy atom. The second kappa shape index (κ2) is 6.34. The first kappa shape index (κ1) is 17.2. The van der Waals surface area contributed by atoms with Gasteiger partial charge in [0.05, 0.1) is 19.4 Å². The van der Waals surface area contributed by atoms with Crippen LogP contribution in [0.15, 0.2) is 42.5 Å². The quantitative estimate of drug-likeness (QED) is 0.798. The van der Waals surface area contributed by atoms with Crippen molar-refractivity contribution in [2.45, 2.75) is 18.8 Å². The number of halogens is 1. The third-order valence-corrected chi connectivity index (χ3v) is 7.35. The Balaban J connectivity index is 2.00. The fraction of sp³-hybridized carbons (Fsp3) is 0.200. The highest BCUT2D eigenvalue weighted by Crippen LogP contribution is 2.52. The predicted octanol–water partition coefficient (Wildman–Crippen LogP) is 1.84. The van der Waals surface area contributed by atoms with Gasteiger partial charge in [-0.25, -0.2) is 0 Å². The van der Waals surface area contributed by atoms with Crippen molar-refractivity contribution in [2.75, 3.05) is 0 Å². The van der Waals surface area contributed by atoms with Crippen molar-refractivity contribution in [3.63, 3.8) is 0 Å². The second-order valence-electron chi connectivity index (χ2n) is 4.94. The van der Waals surface area contributed by atoms with E-state index in [1.54, 1.807) is 29.6 Å². The summed E-state index contributed by atoms with van der Waals surface area (Å²) in [5.74, 6) is 0. The summed E-state index contributed by atoms with van der Waals surface area (Å²) >= 11 is 4.24. The summed E-state index contributed by atoms with van der Waals surface area (Å²) in [6.07, 6.45) is 5.23. The zero-order chi connectivity index (χ0) is 16.7. The van der Waals surface area contributed by atoms with E-state index in [1.165, 1.54) is 23.1 Å². The molecular weight excluding hydrogens is 376 g/mol. The minimum Gasteiger partial charge on any atom is -0.183 e. The molecule has 0 saturated heterocycles. The zero-order valence-electron chi connectivity index (χ0n) is 12.3. The lowest BCUT2D eigenvalue weighted by Crippen LogP contribution is -2.63. The lowest BCUT2D eigenvalue weighted by atomic mass is 10.2. The minimum atomic E-state index is -4.56. The Morgan fingerprint density at radius 2 is 1.70 bits per heavy atom. The lowest BCUT2D eigenvalue weighted by molar-refractivity contribution is -1.92. The molecule has 4 nitrogen and oxygen atoms in total. The highest BCUT2D eigenvalue weighted by molar-refractivity contribution is 8.09. The van der Waals surface area contributed by atoms with Crippen molar-refractivity contribution in [1.29, 1.82) is 0 Å². The summed E-state index contributed by atoms with van der Waals surface area (Å²) in [4.78, 5) is 3.36. The Hall–Kier alpha value is -0.640. The summed E-state index contributed by atoms with van der Waals surface area (Å²) in [5, 5.41) is 0. The molecule has 0 fully saturated rings. The number of thioether (sulfide) groups is 1. The van der Waals surface area contributed by atoms with Gasteiger partial charge in [0.1, 0.15) is 0 Å². The third-order valence-electron chi connectivity index (χ3n) is 3.10. The Bertz CT molecular complexity index is 772. The predicted molar refractivity (Wildman–Crippen MR) is 85.6 cm³/mol. The van der Waals surface area contributed by atoms with Crippen LogP contribution in [0.5, 0.6) is 0 Å². The van der Waals surface area contributed by atoms with Crippen molar-refractivity contribution < 1.29 is 28.5 Å². The maximum atomic E-state index is 11.3. The molecule has 3 heterocycles. The van der Waals surface area contributed by atoms with Crippen LogP contribution in [0.4, 0.5) is 0 Å². The van der Waals surface area contributed by atoms with E-state index in [1.807, 2.05) is 38.1 Å². The van der Waals surface area contributed by atoms with Gasteiger partial charge >= 0.3 is 4.93 Å². The van der Waals surface area contributed by atoms with Crippen LogP contribution in [0.2, 0.25) is 0 Å². The molecule has 1 aliphatic heterocycles. The monoisotopic (exact) mass is 388 g/mol. The molecule has 0 radical (unpaired) electrons. The average Bonchev–Trinajstić information content (AvgIpc) is 3.06. The number of allylic oxidation sites excluding steroid dienone is 2. The van der Waals surface area contributed by atoms with Gasteiger partial charge in [-0.2, -0.15) is 14.0 Å². The van der Waals surface area contributed by atoms with E-state index in [9.17, 15) is 14.0 Å². The van der Waals surface area contributed by atoms with Gasteiger partial charge < -0.3 is 0 Å². The van der Waals surface area contributed by atoms with E-state index in [2.05, 4.69) is 0 Å². The van der Waals surface area contributed by atoms with Gasteiger partial charge in [0.2, 0.25) is 0 Å². The van der Waals surface area contributed by atoms with Crippen molar-refractivity contribution in [2.24, 2.45) is 0 Å². The van der Waals surface area contributed by atoms with Crippen LogP contribution in [0, 0.1) is 24.1 Å².